The van der Waals surface area contributed by atoms with E-state index in [1.165, 1.54) is 23.0 Å². The number of carbonyl (C=O) groups excluding carboxylic acids is 1. The molecule has 3 heteroatoms. The lowest BCUT2D eigenvalue weighted by molar-refractivity contribution is 0.0600. The minimum Gasteiger partial charge on any atom is -0.465 e. The topological polar surface area (TPSA) is 26.3 Å². The van der Waals surface area contributed by atoms with Gasteiger partial charge in [0, 0.05) is 0 Å². The van der Waals surface area contributed by atoms with Crippen molar-refractivity contribution in [1.82, 2.24) is 0 Å². The van der Waals surface area contributed by atoms with Gasteiger partial charge in [-0.1, -0.05) is 103 Å². The Balaban J connectivity index is 2.08. The number of rotatable bonds is 5. The van der Waals surface area contributed by atoms with E-state index in [2.05, 4.69) is 84.7 Å². The van der Waals surface area contributed by atoms with E-state index in [0.29, 0.717) is 5.56 Å². The Morgan fingerprint density at radius 1 is 0.667 bits per heavy atom. The van der Waals surface area contributed by atoms with Gasteiger partial charge in [0.05, 0.1) is 12.7 Å². The molecule has 0 saturated carbocycles. The molecular formula is C27H23O2P. The summed E-state index contributed by atoms with van der Waals surface area (Å²) < 4.78 is 4.93. The summed E-state index contributed by atoms with van der Waals surface area (Å²) in [5.41, 5.74) is 1.56. The van der Waals surface area contributed by atoms with Gasteiger partial charge in [0.25, 0.3) is 0 Å². The highest BCUT2D eigenvalue weighted by atomic mass is 31.2. The van der Waals surface area contributed by atoms with Crippen LogP contribution < -0.4 is 15.9 Å². The van der Waals surface area contributed by atoms with Gasteiger partial charge < -0.3 is 4.74 Å². The van der Waals surface area contributed by atoms with Crippen molar-refractivity contribution >= 4 is 34.6 Å². The number of carbonyl (C=O) groups is 1. The smallest absolute Gasteiger partial charge is 0.337 e. The molecule has 0 radical (unpaired) electrons. The molecular weight excluding hydrogens is 387 g/mol. The lowest BCUT2D eigenvalue weighted by Crippen LogP contribution is -2.27. The van der Waals surface area contributed by atoms with Crippen LogP contribution in [0.25, 0.3) is 0 Å². The quantitative estimate of drug-likeness (QED) is 0.355. The fourth-order valence-corrected chi connectivity index (χ4v) is 7.62. The second-order valence-corrected chi connectivity index (χ2v) is 10.2. The highest BCUT2D eigenvalue weighted by molar-refractivity contribution is 7.94. The van der Waals surface area contributed by atoms with Crippen LogP contribution in [0.2, 0.25) is 0 Å². The second-order valence-electron chi connectivity index (χ2n) is 6.98. The highest BCUT2D eigenvalue weighted by Crippen LogP contribution is 2.44. The fraction of sp³-hybridized carbons (Fsp3) is 0.0370. The van der Waals surface area contributed by atoms with Crippen molar-refractivity contribution < 1.29 is 9.53 Å². The van der Waals surface area contributed by atoms with Gasteiger partial charge in [-0.05, 0) is 46.3 Å². The zero-order chi connectivity index (χ0) is 20.8. The van der Waals surface area contributed by atoms with E-state index < -0.39 is 6.89 Å². The molecule has 148 valence electrons. The Morgan fingerprint density at radius 3 is 1.57 bits per heavy atom. The molecule has 0 unspecified atom stereocenters. The maximum Gasteiger partial charge on any atom is 0.337 e. The maximum absolute atomic E-state index is 12.1. The zero-order valence-electron chi connectivity index (χ0n) is 16.8. The molecule has 4 rings (SSSR count). The van der Waals surface area contributed by atoms with Gasteiger partial charge in [-0.2, -0.15) is 0 Å². The lowest BCUT2D eigenvalue weighted by Gasteiger charge is -2.29. The van der Waals surface area contributed by atoms with E-state index in [0.717, 1.165) is 5.56 Å². The summed E-state index contributed by atoms with van der Waals surface area (Å²) in [4.78, 5) is 12.1. The third-order valence-electron chi connectivity index (χ3n) is 5.14. The van der Waals surface area contributed by atoms with E-state index >= 15 is 0 Å². The van der Waals surface area contributed by atoms with Crippen LogP contribution in [0, 0.1) is 0 Å². The molecule has 0 amide bonds. The van der Waals surface area contributed by atoms with Gasteiger partial charge >= 0.3 is 5.97 Å². The van der Waals surface area contributed by atoms with Crippen LogP contribution in [0.4, 0.5) is 0 Å². The summed E-state index contributed by atoms with van der Waals surface area (Å²) in [6.07, 6.45) is 0. The molecule has 30 heavy (non-hydrogen) atoms. The summed E-state index contributed by atoms with van der Waals surface area (Å²) in [5, 5.41) is 3.81. The van der Waals surface area contributed by atoms with Crippen LogP contribution in [0.3, 0.4) is 0 Å². The van der Waals surface area contributed by atoms with Crippen molar-refractivity contribution in [2.75, 3.05) is 7.11 Å². The Kier molecular flexibility index (Phi) is 5.97. The number of esters is 1. The van der Waals surface area contributed by atoms with Crippen molar-refractivity contribution in [1.29, 1.82) is 0 Å². The standard InChI is InChI=1S/C27H23O2P/c1-29-27(28)23-13-11-12-22(20-23)21-30(24-14-5-2-6-15-24,25-16-7-3-8-17-25)26-18-9-4-10-19-26/h2-21H,1H3. The SMILES string of the molecule is COC(=O)c1cccc(C=P(c2ccccc2)(c2ccccc2)c2ccccc2)c1. The van der Waals surface area contributed by atoms with E-state index in [-0.39, 0.29) is 5.97 Å². The molecule has 0 fully saturated rings. The first-order chi connectivity index (χ1) is 14.7. The van der Waals surface area contributed by atoms with Crippen molar-refractivity contribution in [3.05, 3.63) is 126 Å². The van der Waals surface area contributed by atoms with Crippen LogP contribution in [0.1, 0.15) is 15.9 Å². The Hall–Kier alpha value is -3.35. The van der Waals surface area contributed by atoms with Crippen LogP contribution in [-0.4, -0.2) is 18.9 Å². The van der Waals surface area contributed by atoms with Gasteiger partial charge in [0.1, 0.15) is 0 Å². The molecule has 0 N–H and O–H groups in total. The van der Waals surface area contributed by atoms with E-state index in [1.807, 2.05) is 30.3 Å². The first-order valence-electron chi connectivity index (χ1n) is 9.84. The van der Waals surface area contributed by atoms with E-state index in [9.17, 15) is 4.79 Å². The molecule has 4 aromatic carbocycles. The van der Waals surface area contributed by atoms with E-state index in [4.69, 9.17) is 4.74 Å². The molecule has 0 spiro atoms. The molecule has 2 nitrogen and oxygen atoms in total. The minimum atomic E-state index is -2.11. The predicted octanol–water partition coefficient (Wildman–Crippen LogP) is 4.62. The summed E-state index contributed by atoms with van der Waals surface area (Å²) in [6.45, 7) is -2.11. The van der Waals surface area contributed by atoms with Crippen LogP contribution in [0.15, 0.2) is 115 Å². The molecule has 4 aromatic rings. The minimum absolute atomic E-state index is 0.326. The first kappa shape index (κ1) is 19.9. The molecule has 0 aliphatic rings. The van der Waals surface area contributed by atoms with Crippen molar-refractivity contribution in [2.45, 2.75) is 0 Å². The number of methoxy groups -OCH3 is 1. The monoisotopic (exact) mass is 410 g/mol. The molecule has 0 aliphatic carbocycles. The van der Waals surface area contributed by atoms with Gasteiger partial charge in [0.2, 0.25) is 0 Å². The number of hydrogen-bond donors (Lipinski definition) is 0. The molecule has 0 aromatic heterocycles. The average Bonchev–Trinajstić information content (AvgIpc) is 2.84. The van der Waals surface area contributed by atoms with Crippen LogP contribution in [0.5, 0.6) is 0 Å². The van der Waals surface area contributed by atoms with E-state index in [1.54, 1.807) is 6.07 Å². The summed E-state index contributed by atoms with van der Waals surface area (Å²) in [7, 11) is 1.41. The van der Waals surface area contributed by atoms with Gasteiger partial charge in [-0.15, -0.1) is 0 Å². The van der Waals surface area contributed by atoms with Crippen LogP contribution in [-0.2, 0) is 4.74 Å². The Morgan fingerprint density at radius 2 is 1.13 bits per heavy atom. The van der Waals surface area contributed by atoms with Gasteiger partial charge in [-0.25, -0.2) is 4.79 Å². The number of ether oxygens (including phenoxy) is 1. The van der Waals surface area contributed by atoms with Crippen molar-refractivity contribution in [2.24, 2.45) is 0 Å². The zero-order valence-corrected chi connectivity index (χ0v) is 17.7. The predicted molar refractivity (Wildman–Crippen MR) is 128 cm³/mol. The molecule has 0 heterocycles. The van der Waals surface area contributed by atoms with Gasteiger partial charge in [0.15, 0.2) is 0 Å². The fourth-order valence-electron chi connectivity index (χ4n) is 3.75. The van der Waals surface area contributed by atoms with Crippen molar-refractivity contribution in [3.63, 3.8) is 0 Å². The Labute approximate surface area is 177 Å². The van der Waals surface area contributed by atoms with Crippen LogP contribution >= 0.6 is 6.89 Å². The second kappa shape index (κ2) is 8.98. The number of benzene rings is 4. The maximum atomic E-state index is 12.1. The molecule has 0 aliphatic heterocycles. The highest BCUT2D eigenvalue weighted by Gasteiger charge is 2.25. The normalized spacial score (nSPS) is 11.0. The van der Waals surface area contributed by atoms with Crippen molar-refractivity contribution in [3.8, 4) is 0 Å². The third-order valence-corrected chi connectivity index (χ3v) is 9.16. The largest absolute Gasteiger partial charge is 0.465 e. The number of hydrogen-bond acceptors (Lipinski definition) is 2. The summed E-state index contributed by atoms with van der Waals surface area (Å²) in [5.74, 6) is 2.02. The molecule has 0 saturated heterocycles. The first-order valence-corrected chi connectivity index (χ1v) is 11.7. The molecule has 0 bridgehead atoms. The molecule has 0 atom stereocenters. The Bertz CT molecular complexity index is 1080. The third kappa shape index (κ3) is 3.87. The average molecular weight is 410 g/mol. The summed E-state index contributed by atoms with van der Waals surface area (Å²) in [6, 6.07) is 39.6. The lowest BCUT2D eigenvalue weighted by atomic mass is 10.1. The van der Waals surface area contributed by atoms with Gasteiger partial charge in [-0.3, -0.25) is 0 Å². The summed E-state index contributed by atoms with van der Waals surface area (Å²) >= 11 is 0.